The molecule has 0 aliphatic carbocycles. The minimum absolute atomic E-state index is 0.0372. The Kier molecular flexibility index (Phi) is 10.1. The molecule has 0 aromatic heterocycles. The molecule has 0 rings (SSSR count). The number of aliphatic hydroxyl groups excluding tert-OH is 1. The first-order chi connectivity index (χ1) is 8.11. The van der Waals surface area contributed by atoms with E-state index in [0.717, 1.165) is 19.3 Å². The van der Waals surface area contributed by atoms with Crippen LogP contribution in [0, 0.1) is 0 Å². The van der Waals surface area contributed by atoms with Crippen molar-refractivity contribution in [3.8, 4) is 0 Å². The van der Waals surface area contributed by atoms with Crippen molar-refractivity contribution in [1.82, 2.24) is 10.6 Å². The number of methoxy groups -OCH3 is 1. The first kappa shape index (κ1) is 16.4. The van der Waals surface area contributed by atoms with Gasteiger partial charge in [0.25, 0.3) is 0 Å². The van der Waals surface area contributed by atoms with Crippen LogP contribution in [0.25, 0.3) is 0 Å². The quantitative estimate of drug-likeness (QED) is 0.484. The van der Waals surface area contributed by atoms with Crippen LogP contribution in [0.2, 0.25) is 0 Å². The average molecular weight is 246 g/mol. The second-order valence-corrected chi connectivity index (χ2v) is 4.21. The van der Waals surface area contributed by atoms with Crippen LogP contribution in [-0.4, -0.2) is 50.0 Å². The Bertz CT molecular complexity index is 200. The Balaban J connectivity index is 3.59. The molecule has 0 spiro atoms. The van der Waals surface area contributed by atoms with Gasteiger partial charge in [-0.2, -0.15) is 0 Å². The normalized spacial score (nSPS) is 14.4. The van der Waals surface area contributed by atoms with Gasteiger partial charge in [0.2, 0.25) is 5.91 Å². The summed E-state index contributed by atoms with van der Waals surface area (Å²) in [6.45, 7) is 5.55. The van der Waals surface area contributed by atoms with E-state index in [0.29, 0.717) is 19.7 Å². The van der Waals surface area contributed by atoms with Gasteiger partial charge in [0, 0.05) is 26.8 Å². The summed E-state index contributed by atoms with van der Waals surface area (Å²) >= 11 is 0. The molecule has 0 radical (unpaired) electrons. The zero-order valence-corrected chi connectivity index (χ0v) is 11.2. The van der Waals surface area contributed by atoms with Gasteiger partial charge >= 0.3 is 0 Å². The van der Waals surface area contributed by atoms with Gasteiger partial charge in [0.1, 0.15) is 0 Å². The van der Waals surface area contributed by atoms with Crippen molar-refractivity contribution in [2.75, 3.05) is 26.8 Å². The molecule has 5 nitrogen and oxygen atoms in total. The standard InChI is InChI=1S/C12H26N2O3/c1-4-6-11(15)9-14-10(2)12(16)13-7-5-8-17-3/h10-11,14-15H,4-9H2,1-3H3,(H,13,16). The van der Waals surface area contributed by atoms with Crippen molar-refractivity contribution >= 4 is 5.91 Å². The molecule has 2 atom stereocenters. The number of carbonyl (C=O) groups excluding carboxylic acids is 1. The molecule has 0 fully saturated rings. The van der Waals surface area contributed by atoms with E-state index in [1.54, 1.807) is 14.0 Å². The van der Waals surface area contributed by atoms with E-state index in [-0.39, 0.29) is 18.1 Å². The zero-order valence-electron chi connectivity index (χ0n) is 11.2. The highest BCUT2D eigenvalue weighted by atomic mass is 16.5. The second kappa shape index (κ2) is 10.5. The van der Waals surface area contributed by atoms with Gasteiger partial charge in [-0.15, -0.1) is 0 Å². The molecular weight excluding hydrogens is 220 g/mol. The molecule has 102 valence electrons. The maximum Gasteiger partial charge on any atom is 0.236 e. The van der Waals surface area contributed by atoms with E-state index in [1.165, 1.54) is 0 Å². The zero-order chi connectivity index (χ0) is 13.1. The predicted octanol–water partition coefficient (Wildman–Crippen LogP) is 0.278. The van der Waals surface area contributed by atoms with Gasteiger partial charge in [-0.25, -0.2) is 0 Å². The van der Waals surface area contributed by atoms with Crippen LogP contribution in [0.15, 0.2) is 0 Å². The minimum Gasteiger partial charge on any atom is -0.392 e. The highest BCUT2D eigenvalue weighted by Gasteiger charge is 2.12. The molecule has 0 aliphatic heterocycles. The molecule has 0 saturated carbocycles. The summed E-state index contributed by atoms with van der Waals surface area (Å²) in [5.41, 5.74) is 0. The summed E-state index contributed by atoms with van der Waals surface area (Å²) in [6.07, 6.45) is 2.15. The van der Waals surface area contributed by atoms with E-state index in [2.05, 4.69) is 10.6 Å². The van der Waals surface area contributed by atoms with Crippen molar-refractivity contribution in [2.24, 2.45) is 0 Å². The van der Waals surface area contributed by atoms with Crippen molar-refractivity contribution < 1.29 is 14.6 Å². The topological polar surface area (TPSA) is 70.6 Å². The Morgan fingerprint density at radius 1 is 1.47 bits per heavy atom. The molecule has 0 aromatic rings. The predicted molar refractivity (Wildman–Crippen MR) is 67.9 cm³/mol. The molecule has 0 bridgehead atoms. The first-order valence-corrected chi connectivity index (χ1v) is 6.29. The third-order valence-electron chi connectivity index (χ3n) is 2.50. The Morgan fingerprint density at radius 2 is 2.18 bits per heavy atom. The SMILES string of the molecule is CCCC(O)CNC(C)C(=O)NCCCOC. The van der Waals surface area contributed by atoms with E-state index in [4.69, 9.17) is 4.74 Å². The fourth-order valence-electron chi connectivity index (χ4n) is 1.42. The number of hydrogen-bond acceptors (Lipinski definition) is 4. The third kappa shape index (κ3) is 9.09. The van der Waals surface area contributed by atoms with Crippen LogP contribution < -0.4 is 10.6 Å². The lowest BCUT2D eigenvalue weighted by molar-refractivity contribution is -0.122. The average Bonchev–Trinajstić information content (AvgIpc) is 2.31. The lowest BCUT2D eigenvalue weighted by atomic mass is 10.2. The van der Waals surface area contributed by atoms with E-state index >= 15 is 0 Å². The maximum atomic E-state index is 11.6. The molecular formula is C12H26N2O3. The van der Waals surface area contributed by atoms with Gasteiger partial charge < -0.3 is 20.5 Å². The lowest BCUT2D eigenvalue weighted by Gasteiger charge is -2.16. The van der Waals surface area contributed by atoms with Crippen molar-refractivity contribution in [2.45, 2.75) is 45.3 Å². The van der Waals surface area contributed by atoms with Crippen molar-refractivity contribution in [3.05, 3.63) is 0 Å². The second-order valence-electron chi connectivity index (χ2n) is 4.21. The molecule has 5 heteroatoms. The van der Waals surface area contributed by atoms with Gasteiger partial charge in [-0.1, -0.05) is 13.3 Å². The van der Waals surface area contributed by atoms with Gasteiger partial charge in [-0.3, -0.25) is 4.79 Å². The number of aliphatic hydroxyl groups is 1. The summed E-state index contributed by atoms with van der Waals surface area (Å²) in [4.78, 5) is 11.6. The number of nitrogens with one attached hydrogen (secondary N) is 2. The Hall–Kier alpha value is -0.650. The summed E-state index contributed by atoms with van der Waals surface area (Å²) in [5, 5.41) is 15.3. The summed E-state index contributed by atoms with van der Waals surface area (Å²) in [7, 11) is 1.64. The van der Waals surface area contributed by atoms with E-state index < -0.39 is 0 Å². The number of ether oxygens (including phenoxy) is 1. The summed E-state index contributed by atoms with van der Waals surface area (Å²) in [5.74, 6) is -0.0372. The Labute approximate surface area is 104 Å². The Morgan fingerprint density at radius 3 is 2.76 bits per heavy atom. The van der Waals surface area contributed by atoms with Crippen LogP contribution in [0.4, 0.5) is 0 Å². The van der Waals surface area contributed by atoms with Gasteiger partial charge in [0.15, 0.2) is 0 Å². The van der Waals surface area contributed by atoms with Crippen LogP contribution >= 0.6 is 0 Å². The number of rotatable bonds is 10. The molecule has 0 saturated heterocycles. The van der Waals surface area contributed by atoms with Crippen LogP contribution in [0.3, 0.4) is 0 Å². The van der Waals surface area contributed by atoms with Gasteiger partial charge in [-0.05, 0) is 19.8 Å². The highest BCUT2D eigenvalue weighted by molar-refractivity contribution is 5.81. The van der Waals surface area contributed by atoms with Crippen molar-refractivity contribution in [3.63, 3.8) is 0 Å². The number of amides is 1. The smallest absolute Gasteiger partial charge is 0.236 e. The number of carbonyl (C=O) groups is 1. The monoisotopic (exact) mass is 246 g/mol. The molecule has 1 amide bonds. The summed E-state index contributed by atoms with van der Waals surface area (Å²) < 4.78 is 4.89. The van der Waals surface area contributed by atoms with Crippen LogP contribution in [-0.2, 0) is 9.53 Å². The molecule has 2 unspecified atom stereocenters. The third-order valence-corrected chi connectivity index (χ3v) is 2.50. The van der Waals surface area contributed by atoms with Crippen LogP contribution in [0.5, 0.6) is 0 Å². The molecule has 17 heavy (non-hydrogen) atoms. The first-order valence-electron chi connectivity index (χ1n) is 6.29. The van der Waals surface area contributed by atoms with Crippen molar-refractivity contribution in [1.29, 1.82) is 0 Å². The summed E-state index contributed by atoms with van der Waals surface area (Å²) in [6, 6.07) is -0.274. The molecule has 3 N–H and O–H groups in total. The minimum atomic E-state index is -0.372. The largest absolute Gasteiger partial charge is 0.392 e. The lowest BCUT2D eigenvalue weighted by Crippen LogP contribution is -2.45. The fourth-order valence-corrected chi connectivity index (χ4v) is 1.42. The fraction of sp³-hybridized carbons (Fsp3) is 0.917. The number of hydrogen-bond donors (Lipinski definition) is 3. The molecule has 0 aromatic carbocycles. The van der Waals surface area contributed by atoms with Gasteiger partial charge in [0.05, 0.1) is 12.1 Å². The highest BCUT2D eigenvalue weighted by Crippen LogP contribution is 1.94. The molecule has 0 heterocycles. The maximum absolute atomic E-state index is 11.6. The van der Waals surface area contributed by atoms with Crippen LogP contribution in [0.1, 0.15) is 33.1 Å². The molecule has 0 aliphatic rings. The van der Waals surface area contributed by atoms with E-state index in [1.807, 2.05) is 6.92 Å². The van der Waals surface area contributed by atoms with E-state index in [9.17, 15) is 9.90 Å².